The minimum atomic E-state index is -0.329. The van der Waals surface area contributed by atoms with Crippen molar-refractivity contribution in [2.45, 2.75) is 0 Å². The number of benzene rings is 3. The van der Waals surface area contributed by atoms with Crippen molar-refractivity contribution in [1.29, 1.82) is 5.26 Å². The van der Waals surface area contributed by atoms with Gasteiger partial charge < -0.3 is 10.1 Å². The molecule has 0 aliphatic heterocycles. The van der Waals surface area contributed by atoms with E-state index in [0.29, 0.717) is 20.8 Å². The third-order valence-electron chi connectivity index (χ3n) is 4.67. The fourth-order valence-electron chi connectivity index (χ4n) is 2.97. The molecular formula is C25H17BrClN5O2S. The first-order valence-electron chi connectivity index (χ1n) is 10.2. The van der Waals surface area contributed by atoms with E-state index in [-0.39, 0.29) is 12.5 Å². The number of ether oxygens (including phenoxy) is 1. The number of thiazole rings is 1. The Bertz CT molecular complexity index is 1400. The standard InChI is InChI=1S/C25H17BrClN5O2S/c26-21-13-16(1-10-23(21)34-12-11-28)14-29-32-24(33)18-4-2-17(3-5-18)22-15-35-25(31-22)30-20-8-6-19(27)7-9-20/h1-10,13-15H,12H2,(H,30,31)(H,32,33)/b29-14-. The second-order valence-electron chi connectivity index (χ2n) is 7.08. The predicted octanol–water partition coefficient (Wildman–Crippen LogP) is 6.64. The van der Waals surface area contributed by atoms with Crippen molar-refractivity contribution in [1.82, 2.24) is 10.4 Å². The molecule has 0 saturated heterocycles. The number of aromatic nitrogens is 1. The summed E-state index contributed by atoms with van der Waals surface area (Å²) in [6, 6.07) is 21.7. The molecule has 4 aromatic rings. The van der Waals surface area contributed by atoms with E-state index in [0.717, 1.165) is 27.6 Å². The van der Waals surface area contributed by atoms with Gasteiger partial charge in [0.15, 0.2) is 11.7 Å². The zero-order valence-corrected chi connectivity index (χ0v) is 21.2. The van der Waals surface area contributed by atoms with Crippen LogP contribution < -0.4 is 15.5 Å². The molecule has 1 aromatic heterocycles. The Hall–Kier alpha value is -3.71. The Balaban J connectivity index is 1.34. The molecule has 0 radical (unpaired) electrons. The Labute approximate surface area is 219 Å². The molecule has 0 spiro atoms. The highest BCUT2D eigenvalue weighted by Gasteiger charge is 2.08. The van der Waals surface area contributed by atoms with E-state index in [2.05, 4.69) is 36.8 Å². The molecule has 0 bridgehead atoms. The molecule has 174 valence electrons. The van der Waals surface area contributed by atoms with Gasteiger partial charge in [-0.2, -0.15) is 10.4 Å². The van der Waals surface area contributed by atoms with Crippen LogP contribution in [0.4, 0.5) is 10.8 Å². The summed E-state index contributed by atoms with van der Waals surface area (Å²) in [5.41, 5.74) is 6.35. The Morgan fingerprint density at radius 3 is 2.66 bits per heavy atom. The number of carbonyl (C=O) groups is 1. The van der Waals surface area contributed by atoms with Crippen LogP contribution in [0.5, 0.6) is 5.75 Å². The van der Waals surface area contributed by atoms with E-state index >= 15 is 0 Å². The van der Waals surface area contributed by atoms with E-state index in [1.54, 1.807) is 30.3 Å². The number of nitrogens with zero attached hydrogens (tertiary/aromatic N) is 3. The number of halogens is 2. The molecule has 2 N–H and O–H groups in total. The minimum Gasteiger partial charge on any atom is -0.478 e. The normalized spacial score (nSPS) is 10.7. The van der Waals surface area contributed by atoms with E-state index in [1.807, 2.05) is 47.8 Å². The van der Waals surface area contributed by atoms with Crippen LogP contribution in [0.25, 0.3) is 11.3 Å². The highest BCUT2D eigenvalue weighted by atomic mass is 79.9. The summed E-state index contributed by atoms with van der Waals surface area (Å²) in [5, 5.41) is 19.3. The molecule has 0 saturated carbocycles. The quantitative estimate of drug-likeness (QED) is 0.184. The number of hydrogen-bond acceptors (Lipinski definition) is 7. The van der Waals surface area contributed by atoms with Gasteiger partial charge in [0.1, 0.15) is 11.8 Å². The average molecular weight is 567 g/mol. The van der Waals surface area contributed by atoms with Crippen molar-refractivity contribution in [2.75, 3.05) is 11.9 Å². The highest BCUT2D eigenvalue weighted by Crippen LogP contribution is 2.28. The van der Waals surface area contributed by atoms with E-state index in [1.165, 1.54) is 17.6 Å². The Kier molecular flexibility index (Phi) is 8.11. The van der Waals surface area contributed by atoms with Crippen LogP contribution in [0, 0.1) is 11.3 Å². The maximum atomic E-state index is 12.4. The van der Waals surface area contributed by atoms with Crippen molar-refractivity contribution in [3.63, 3.8) is 0 Å². The smallest absolute Gasteiger partial charge is 0.271 e. The lowest BCUT2D eigenvalue weighted by atomic mass is 10.1. The van der Waals surface area contributed by atoms with Crippen molar-refractivity contribution in [3.05, 3.63) is 92.7 Å². The Morgan fingerprint density at radius 2 is 1.94 bits per heavy atom. The summed E-state index contributed by atoms with van der Waals surface area (Å²) < 4.78 is 5.97. The van der Waals surface area contributed by atoms with Crippen LogP contribution in [0.1, 0.15) is 15.9 Å². The number of carbonyl (C=O) groups excluding carboxylic acids is 1. The summed E-state index contributed by atoms with van der Waals surface area (Å²) in [6.45, 7) is -0.0369. The fourth-order valence-corrected chi connectivity index (χ4v) is 4.34. The minimum absolute atomic E-state index is 0.0369. The highest BCUT2D eigenvalue weighted by molar-refractivity contribution is 9.10. The number of hydrogen-bond donors (Lipinski definition) is 2. The van der Waals surface area contributed by atoms with Crippen molar-refractivity contribution >= 4 is 61.8 Å². The topological polar surface area (TPSA) is 99.4 Å². The third kappa shape index (κ3) is 6.67. The van der Waals surface area contributed by atoms with Gasteiger partial charge in [-0.05, 0) is 76.1 Å². The van der Waals surface area contributed by atoms with Gasteiger partial charge >= 0.3 is 0 Å². The van der Waals surface area contributed by atoms with E-state index in [9.17, 15) is 4.79 Å². The first kappa shape index (κ1) is 24.4. The molecule has 0 aliphatic rings. The van der Waals surface area contributed by atoms with Gasteiger partial charge in [-0.25, -0.2) is 10.4 Å². The third-order valence-corrected chi connectivity index (χ3v) is 6.30. The first-order chi connectivity index (χ1) is 17.0. The monoisotopic (exact) mass is 565 g/mol. The van der Waals surface area contributed by atoms with Crippen LogP contribution in [-0.2, 0) is 0 Å². The largest absolute Gasteiger partial charge is 0.478 e. The van der Waals surface area contributed by atoms with Crippen molar-refractivity contribution < 1.29 is 9.53 Å². The second kappa shape index (κ2) is 11.6. The van der Waals surface area contributed by atoms with Gasteiger partial charge in [-0.1, -0.05) is 23.7 Å². The number of rotatable bonds is 8. The summed E-state index contributed by atoms with van der Waals surface area (Å²) in [4.78, 5) is 17.0. The van der Waals surface area contributed by atoms with E-state index in [4.69, 9.17) is 21.6 Å². The zero-order valence-electron chi connectivity index (χ0n) is 18.0. The van der Waals surface area contributed by atoms with Crippen LogP contribution >= 0.6 is 38.9 Å². The van der Waals surface area contributed by atoms with Gasteiger partial charge in [0.05, 0.1) is 16.4 Å². The van der Waals surface area contributed by atoms with Crippen molar-refractivity contribution in [3.8, 4) is 23.1 Å². The first-order valence-corrected chi connectivity index (χ1v) is 12.3. The zero-order chi connectivity index (χ0) is 24.6. The fraction of sp³-hybridized carbons (Fsp3) is 0.0400. The molecule has 10 heteroatoms. The molecule has 0 unspecified atom stereocenters. The summed E-state index contributed by atoms with van der Waals surface area (Å²) in [7, 11) is 0. The SMILES string of the molecule is N#CCOc1ccc(/C=N\NC(=O)c2ccc(-c3csc(Nc4ccc(Cl)cc4)n3)cc2)cc1Br. The molecule has 35 heavy (non-hydrogen) atoms. The molecule has 4 rings (SSSR count). The molecule has 3 aromatic carbocycles. The lowest BCUT2D eigenvalue weighted by Crippen LogP contribution is -2.17. The lowest BCUT2D eigenvalue weighted by Gasteiger charge is -2.05. The molecule has 1 amide bonds. The number of amides is 1. The van der Waals surface area contributed by atoms with Crippen LogP contribution in [0.3, 0.4) is 0 Å². The van der Waals surface area contributed by atoms with Gasteiger partial charge in [0.2, 0.25) is 0 Å². The van der Waals surface area contributed by atoms with Gasteiger partial charge in [0.25, 0.3) is 5.91 Å². The lowest BCUT2D eigenvalue weighted by molar-refractivity contribution is 0.0955. The number of anilines is 2. The number of nitriles is 1. The number of hydrazone groups is 1. The van der Waals surface area contributed by atoms with Gasteiger partial charge in [0, 0.05) is 27.2 Å². The maximum Gasteiger partial charge on any atom is 0.271 e. The Morgan fingerprint density at radius 1 is 1.17 bits per heavy atom. The second-order valence-corrected chi connectivity index (χ2v) is 9.23. The summed E-state index contributed by atoms with van der Waals surface area (Å²) >= 11 is 10.8. The predicted molar refractivity (Wildman–Crippen MR) is 143 cm³/mol. The molecule has 0 fully saturated rings. The summed E-state index contributed by atoms with van der Waals surface area (Å²) in [5.74, 6) is 0.227. The summed E-state index contributed by atoms with van der Waals surface area (Å²) in [6.07, 6.45) is 1.52. The van der Waals surface area contributed by atoms with Crippen LogP contribution in [-0.4, -0.2) is 23.7 Å². The number of nitrogens with one attached hydrogen (secondary N) is 2. The van der Waals surface area contributed by atoms with E-state index < -0.39 is 0 Å². The molecule has 1 heterocycles. The van der Waals surface area contributed by atoms with Crippen molar-refractivity contribution in [2.24, 2.45) is 5.10 Å². The van der Waals surface area contributed by atoms with Crippen LogP contribution in [0.15, 0.2) is 81.7 Å². The van der Waals surface area contributed by atoms with Gasteiger partial charge in [-0.3, -0.25) is 4.79 Å². The molecule has 0 aliphatic carbocycles. The van der Waals surface area contributed by atoms with Crippen LogP contribution in [0.2, 0.25) is 5.02 Å². The molecule has 0 atom stereocenters. The van der Waals surface area contributed by atoms with Gasteiger partial charge in [-0.15, -0.1) is 11.3 Å². The molecular weight excluding hydrogens is 550 g/mol. The average Bonchev–Trinajstić information content (AvgIpc) is 3.33. The maximum absolute atomic E-state index is 12.4. The molecule has 7 nitrogen and oxygen atoms in total.